The highest BCUT2D eigenvalue weighted by Crippen LogP contribution is 2.55. The quantitative estimate of drug-likeness (QED) is 0.701. The number of fused-ring (bicyclic) bond motifs is 3. The van der Waals surface area contributed by atoms with Crippen LogP contribution >= 0.6 is 0 Å². The number of carbonyl (C=O) groups excluding carboxylic acids is 1. The fourth-order valence-electron chi connectivity index (χ4n) is 5.82. The summed E-state index contributed by atoms with van der Waals surface area (Å²) < 4.78 is 0. The first-order valence-corrected chi connectivity index (χ1v) is 9.43. The molecule has 0 aromatic rings. The van der Waals surface area contributed by atoms with Gasteiger partial charge in [-0.3, -0.25) is 9.69 Å². The third-order valence-electron chi connectivity index (χ3n) is 6.56. The van der Waals surface area contributed by atoms with E-state index in [0.29, 0.717) is 11.8 Å². The van der Waals surface area contributed by atoms with Gasteiger partial charge in [-0.15, -0.1) is 0 Å². The monoisotopic (exact) mass is 305 g/mol. The molecule has 0 aromatic carbocycles. The standard InChI is InChI=1S/C20H35NO/c1-19(2,3)18(22)17-12-15-14-10-8-7-9-13(14)11-16(15)21(17)20(4,5)6/h13-17H,7-12H2,1-6H3. The number of Topliss-reactive ketones (excluding diaryl/α,β-unsaturated/α-hetero) is 1. The predicted octanol–water partition coefficient (Wildman–Crippen LogP) is 4.67. The van der Waals surface area contributed by atoms with Gasteiger partial charge in [0.25, 0.3) is 0 Å². The summed E-state index contributed by atoms with van der Waals surface area (Å²) in [5.41, 5.74) is -0.128. The van der Waals surface area contributed by atoms with Crippen molar-refractivity contribution >= 4 is 5.78 Å². The second-order valence-corrected chi connectivity index (χ2v) is 10.1. The van der Waals surface area contributed by atoms with Crippen LogP contribution in [0.25, 0.3) is 0 Å². The Morgan fingerprint density at radius 3 is 2.14 bits per heavy atom. The lowest BCUT2D eigenvalue weighted by molar-refractivity contribution is -0.133. The van der Waals surface area contributed by atoms with E-state index in [9.17, 15) is 4.79 Å². The van der Waals surface area contributed by atoms with Gasteiger partial charge in [-0.05, 0) is 57.8 Å². The average Bonchev–Trinajstić information content (AvgIpc) is 2.90. The van der Waals surface area contributed by atoms with Crippen LogP contribution in [0.15, 0.2) is 0 Å². The first-order valence-electron chi connectivity index (χ1n) is 9.43. The van der Waals surface area contributed by atoms with Crippen LogP contribution in [0.3, 0.4) is 0 Å². The van der Waals surface area contributed by atoms with Crippen molar-refractivity contribution in [3.63, 3.8) is 0 Å². The Kier molecular flexibility index (Phi) is 3.99. The second-order valence-electron chi connectivity index (χ2n) is 10.1. The van der Waals surface area contributed by atoms with E-state index < -0.39 is 0 Å². The Balaban J connectivity index is 1.89. The molecule has 5 atom stereocenters. The minimum absolute atomic E-state index is 0.0957. The van der Waals surface area contributed by atoms with Gasteiger partial charge in [0.1, 0.15) is 0 Å². The van der Waals surface area contributed by atoms with Crippen molar-refractivity contribution in [1.82, 2.24) is 4.90 Å². The number of hydrogen-bond donors (Lipinski definition) is 0. The van der Waals surface area contributed by atoms with E-state index in [2.05, 4.69) is 46.4 Å². The molecule has 126 valence electrons. The molecule has 2 saturated carbocycles. The summed E-state index contributed by atoms with van der Waals surface area (Å²) in [7, 11) is 0. The molecule has 0 amide bonds. The highest BCUT2D eigenvalue weighted by atomic mass is 16.1. The third-order valence-corrected chi connectivity index (χ3v) is 6.56. The zero-order valence-corrected chi connectivity index (χ0v) is 15.5. The molecule has 2 nitrogen and oxygen atoms in total. The van der Waals surface area contributed by atoms with Crippen LogP contribution in [0.5, 0.6) is 0 Å². The van der Waals surface area contributed by atoms with Crippen molar-refractivity contribution in [2.75, 3.05) is 0 Å². The normalized spacial score (nSPS) is 39.6. The molecule has 3 rings (SSSR count). The van der Waals surface area contributed by atoms with Crippen LogP contribution in [0.4, 0.5) is 0 Å². The molecule has 0 N–H and O–H groups in total. The topological polar surface area (TPSA) is 20.3 Å². The van der Waals surface area contributed by atoms with Gasteiger partial charge >= 0.3 is 0 Å². The molecule has 0 spiro atoms. The number of hydrogen-bond acceptors (Lipinski definition) is 2. The van der Waals surface area contributed by atoms with E-state index in [0.717, 1.165) is 24.2 Å². The lowest BCUT2D eigenvalue weighted by Gasteiger charge is -2.42. The highest BCUT2D eigenvalue weighted by Gasteiger charge is 2.57. The van der Waals surface area contributed by atoms with Crippen LogP contribution < -0.4 is 0 Å². The fraction of sp³-hybridized carbons (Fsp3) is 0.950. The van der Waals surface area contributed by atoms with Gasteiger partial charge in [0.15, 0.2) is 5.78 Å². The molecule has 0 bridgehead atoms. The Morgan fingerprint density at radius 2 is 1.55 bits per heavy atom. The Bertz CT molecular complexity index is 442. The zero-order valence-electron chi connectivity index (χ0n) is 15.5. The molecule has 2 aliphatic carbocycles. The van der Waals surface area contributed by atoms with Crippen molar-refractivity contribution in [2.45, 2.75) is 97.7 Å². The number of carbonyl (C=O) groups is 1. The summed E-state index contributed by atoms with van der Waals surface area (Å²) in [6.45, 7) is 13.2. The molecule has 0 aromatic heterocycles. The molecule has 3 fully saturated rings. The molecular weight excluding hydrogens is 270 g/mol. The van der Waals surface area contributed by atoms with Crippen molar-refractivity contribution in [2.24, 2.45) is 23.2 Å². The molecular formula is C20H35NO. The van der Waals surface area contributed by atoms with Crippen molar-refractivity contribution in [3.05, 3.63) is 0 Å². The van der Waals surface area contributed by atoms with E-state index in [-0.39, 0.29) is 17.0 Å². The van der Waals surface area contributed by atoms with Crippen LogP contribution in [-0.4, -0.2) is 28.3 Å². The summed E-state index contributed by atoms with van der Waals surface area (Å²) in [5.74, 6) is 3.09. The van der Waals surface area contributed by atoms with E-state index in [1.54, 1.807) is 0 Å². The molecule has 22 heavy (non-hydrogen) atoms. The average molecular weight is 306 g/mol. The second kappa shape index (κ2) is 5.33. The smallest absolute Gasteiger partial charge is 0.155 e. The lowest BCUT2D eigenvalue weighted by Crippen LogP contribution is -2.53. The zero-order chi connectivity index (χ0) is 16.3. The predicted molar refractivity (Wildman–Crippen MR) is 91.8 cm³/mol. The third kappa shape index (κ3) is 2.66. The van der Waals surface area contributed by atoms with Gasteiger partial charge in [0.05, 0.1) is 6.04 Å². The first kappa shape index (κ1) is 16.5. The minimum Gasteiger partial charge on any atom is -0.297 e. The number of likely N-dealkylation sites (tertiary alicyclic amines) is 1. The number of rotatable bonds is 1. The first-order chi connectivity index (χ1) is 10.1. The Labute approximate surface area is 137 Å². The summed E-state index contributed by atoms with van der Waals surface area (Å²) in [5, 5.41) is 0. The largest absolute Gasteiger partial charge is 0.297 e. The van der Waals surface area contributed by atoms with E-state index in [4.69, 9.17) is 0 Å². The van der Waals surface area contributed by atoms with Crippen LogP contribution in [0.2, 0.25) is 0 Å². The maximum absolute atomic E-state index is 13.1. The van der Waals surface area contributed by atoms with Crippen molar-refractivity contribution in [3.8, 4) is 0 Å². The molecule has 5 unspecified atom stereocenters. The van der Waals surface area contributed by atoms with Crippen molar-refractivity contribution < 1.29 is 4.79 Å². The van der Waals surface area contributed by atoms with E-state index in [1.165, 1.54) is 32.1 Å². The number of ketones is 1. The summed E-state index contributed by atoms with van der Waals surface area (Å²) >= 11 is 0. The van der Waals surface area contributed by atoms with Gasteiger partial charge in [-0.25, -0.2) is 0 Å². The Morgan fingerprint density at radius 1 is 0.909 bits per heavy atom. The van der Waals surface area contributed by atoms with Crippen LogP contribution in [-0.2, 0) is 4.79 Å². The summed E-state index contributed by atoms with van der Waals surface area (Å²) in [6, 6.07) is 0.808. The summed E-state index contributed by atoms with van der Waals surface area (Å²) in [6.07, 6.45) is 8.17. The fourth-order valence-corrected chi connectivity index (χ4v) is 5.82. The number of nitrogens with zero attached hydrogens (tertiary/aromatic N) is 1. The molecule has 2 heteroatoms. The molecule has 1 aliphatic heterocycles. The maximum atomic E-state index is 13.1. The lowest BCUT2D eigenvalue weighted by atomic mass is 9.75. The maximum Gasteiger partial charge on any atom is 0.155 e. The van der Waals surface area contributed by atoms with Gasteiger partial charge < -0.3 is 0 Å². The SMILES string of the molecule is CC(C)(C)C(=O)C1CC2C3CCCCC3CC2N1C(C)(C)C. The molecule has 0 radical (unpaired) electrons. The van der Waals surface area contributed by atoms with Crippen molar-refractivity contribution in [1.29, 1.82) is 0 Å². The summed E-state index contributed by atoms with van der Waals surface area (Å²) in [4.78, 5) is 15.7. The van der Waals surface area contributed by atoms with Gasteiger partial charge in [-0.1, -0.05) is 40.0 Å². The van der Waals surface area contributed by atoms with Gasteiger partial charge in [-0.2, -0.15) is 0 Å². The Hall–Kier alpha value is -0.370. The van der Waals surface area contributed by atoms with Crippen LogP contribution in [0, 0.1) is 23.2 Å². The van der Waals surface area contributed by atoms with E-state index >= 15 is 0 Å². The molecule has 1 heterocycles. The van der Waals surface area contributed by atoms with Gasteiger partial charge in [0, 0.05) is 17.0 Å². The van der Waals surface area contributed by atoms with Crippen LogP contribution in [0.1, 0.15) is 80.1 Å². The van der Waals surface area contributed by atoms with Gasteiger partial charge in [0.2, 0.25) is 0 Å². The van der Waals surface area contributed by atoms with E-state index in [1.807, 2.05) is 0 Å². The highest BCUT2D eigenvalue weighted by molar-refractivity contribution is 5.89. The minimum atomic E-state index is -0.223. The molecule has 1 saturated heterocycles. The molecule has 3 aliphatic rings.